The zero-order valence-electron chi connectivity index (χ0n) is 12.6. The molecule has 4 aliphatic carbocycles. The van der Waals surface area contributed by atoms with Crippen LogP contribution in [0, 0.1) is 23.7 Å². The molecule has 4 saturated carbocycles. The lowest BCUT2D eigenvalue weighted by atomic mass is 9.54. The second-order valence-electron chi connectivity index (χ2n) is 7.20. The Morgan fingerprint density at radius 2 is 1.48 bits per heavy atom. The molecule has 4 bridgehead atoms. The molecule has 0 atom stereocenters. The van der Waals surface area contributed by atoms with E-state index in [0.717, 1.165) is 29.2 Å². The van der Waals surface area contributed by atoms with Crippen molar-refractivity contribution in [3.05, 3.63) is 35.9 Å². The van der Waals surface area contributed by atoms with Crippen molar-refractivity contribution in [2.24, 2.45) is 23.7 Å². The van der Waals surface area contributed by atoms with Crippen LogP contribution in [0.3, 0.4) is 0 Å². The van der Waals surface area contributed by atoms with Crippen LogP contribution in [-0.2, 0) is 0 Å². The molecule has 0 unspecified atom stereocenters. The van der Waals surface area contributed by atoms with Crippen LogP contribution < -0.4 is 0 Å². The summed E-state index contributed by atoms with van der Waals surface area (Å²) in [5.41, 5.74) is 0.837. The predicted molar refractivity (Wildman–Crippen MR) is 86.6 cm³/mol. The lowest BCUT2D eigenvalue weighted by molar-refractivity contribution is -0.0491. The SMILES string of the molecule is CN(C(=O)c1ccccc1)C1C2CC3CC(C2)CC1C3.Cl. The van der Waals surface area contributed by atoms with Gasteiger partial charge < -0.3 is 4.90 Å². The highest BCUT2D eigenvalue weighted by Crippen LogP contribution is 2.55. The average molecular weight is 306 g/mol. The lowest BCUT2D eigenvalue weighted by Gasteiger charge is -2.56. The molecule has 0 heterocycles. The fraction of sp³-hybridized carbons (Fsp3) is 0.611. The van der Waals surface area contributed by atoms with E-state index in [1.165, 1.54) is 32.1 Å². The Morgan fingerprint density at radius 3 is 2.00 bits per heavy atom. The van der Waals surface area contributed by atoms with Gasteiger partial charge in [0.15, 0.2) is 0 Å². The van der Waals surface area contributed by atoms with E-state index in [-0.39, 0.29) is 18.3 Å². The van der Waals surface area contributed by atoms with Gasteiger partial charge in [-0.1, -0.05) is 18.2 Å². The van der Waals surface area contributed by atoms with Gasteiger partial charge in [-0.15, -0.1) is 12.4 Å². The summed E-state index contributed by atoms with van der Waals surface area (Å²) >= 11 is 0. The maximum atomic E-state index is 12.7. The minimum Gasteiger partial charge on any atom is -0.338 e. The van der Waals surface area contributed by atoms with E-state index >= 15 is 0 Å². The number of halogens is 1. The number of carbonyl (C=O) groups excluding carboxylic acids is 1. The Bertz CT molecular complexity index is 487. The molecule has 0 spiro atoms. The van der Waals surface area contributed by atoms with Crippen molar-refractivity contribution in [2.45, 2.75) is 38.1 Å². The quantitative estimate of drug-likeness (QED) is 0.808. The first kappa shape index (κ1) is 14.9. The number of rotatable bonds is 2. The maximum Gasteiger partial charge on any atom is 0.253 e. The van der Waals surface area contributed by atoms with E-state index in [1.807, 2.05) is 37.4 Å². The summed E-state index contributed by atoms with van der Waals surface area (Å²) < 4.78 is 0. The van der Waals surface area contributed by atoms with E-state index in [0.29, 0.717) is 6.04 Å². The highest BCUT2D eigenvalue weighted by atomic mass is 35.5. The Labute approximate surface area is 133 Å². The van der Waals surface area contributed by atoms with Crippen LogP contribution in [0.15, 0.2) is 30.3 Å². The Morgan fingerprint density at radius 1 is 0.952 bits per heavy atom. The first-order valence-electron chi connectivity index (χ1n) is 8.04. The molecule has 21 heavy (non-hydrogen) atoms. The van der Waals surface area contributed by atoms with Gasteiger partial charge in [0.05, 0.1) is 0 Å². The fourth-order valence-corrected chi connectivity index (χ4v) is 5.45. The van der Waals surface area contributed by atoms with Gasteiger partial charge in [-0.25, -0.2) is 0 Å². The first-order valence-corrected chi connectivity index (χ1v) is 8.04. The molecule has 114 valence electrons. The molecule has 1 amide bonds. The van der Waals surface area contributed by atoms with Crippen LogP contribution in [0.5, 0.6) is 0 Å². The summed E-state index contributed by atoms with van der Waals surface area (Å²) in [6.45, 7) is 0. The number of hydrogen-bond donors (Lipinski definition) is 0. The van der Waals surface area contributed by atoms with E-state index in [9.17, 15) is 4.79 Å². The molecule has 0 N–H and O–H groups in total. The molecule has 1 aromatic rings. The monoisotopic (exact) mass is 305 g/mol. The van der Waals surface area contributed by atoms with Gasteiger partial charge >= 0.3 is 0 Å². The highest BCUT2D eigenvalue weighted by molar-refractivity contribution is 5.94. The first-order chi connectivity index (χ1) is 9.72. The van der Waals surface area contributed by atoms with Crippen molar-refractivity contribution in [3.8, 4) is 0 Å². The number of carbonyl (C=O) groups is 1. The summed E-state index contributed by atoms with van der Waals surface area (Å²) in [7, 11) is 2.03. The third-order valence-electron chi connectivity index (χ3n) is 5.97. The van der Waals surface area contributed by atoms with Gasteiger partial charge in [-0.2, -0.15) is 0 Å². The van der Waals surface area contributed by atoms with Crippen LogP contribution in [0.1, 0.15) is 42.5 Å². The van der Waals surface area contributed by atoms with Crippen LogP contribution in [0.25, 0.3) is 0 Å². The van der Waals surface area contributed by atoms with Crippen molar-refractivity contribution in [2.75, 3.05) is 7.05 Å². The smallest absolute Gasteiger partial charge is 0.253 e. The van der Waals surface area contributed by atoms with Gasteiger partial charge in [-0.3, -0.25) is 4.79 Å². The number of hydrogen-bond acceptors (Lipinski definition) is 1. The normalized spacial score (nSPS) is 36.1. The molecule has 0 aliphatic heterocycles. The molecule has 0 saturated heterocycles. The number of benzene rings is 1. The highest BCUT2D eigenvalue weighted by Gasteiger charge is 2.50. The van der Waals surface area contributed by atoms with Gasteiger partial charge in [0.1, 0.15) is 0 Å². The van der Waals surface area contributed by atoms with Crippen LogP contribution in [-0.4, -0.2) is 23.9 Å². The van der Waals surface area contributed by atoms with Crippen molar-refractivity contribution in [1.82, 2.24) is 4.90 Å². The predicted octanol–water partition coefficient (Wildman–Crippen LogP) is 4.01. The standard InChI is InChI=1S/C18H23NO.ClH/c1-19(18(20)14-5-3-2-4-6-14)17-15-8-12-7-13(10-15)11-16(17)9-12;/h2-6,12-13,15-17H,7-11H2,1H3;1H. The Balaban J connectivity index is 0.00000132. The van der Waals surface area contributed by atoms with Crippen LogP contribution in [0.2, 0.25) is 0 Å². The molecule has 3 heteroatoms. The molecule has 4 aliphatic rings. The zero-order valence-corrected chi connectivity index (χ0v) is 13.4. The van der Waals surface area contributed by atoms with Crippen LogP contribution in [0.4, 0.5) is 0 Å². The summed E-state index contributed by atoms with van der Waals surface area (Å²) in [6.07, 6.45) is 6.93. The topological polar surface area (TPSA) is 20.3 Å². The maximum absolute atomic E-state index is 12.7. The molecular weight excluding hydrogens is 282 g/mol. The zero-order chi connectivity index (χ0) is 13.7. The van der Waals surface area contributed by atoms with E-state index in [4.69, 9.17) is 0 Å². The van der Waals surface area contributed by atoms with Gasteiger partial charge in [-0.05, 0) is 67.9 Å². The summed E-state index contributed by atoms with van der Waals surface area (Å²) in [5, 5.41) is 0. The van der Waals surface area contributed by atoms with E-state index < -0.39 is 0 Å². The average Bonchev–Trinajstić information content (AvgIpc) is 2.46. The van der Waals surface area contributed by atoms with Gasteiger partial charge in [0, 0.05) is 18.7 Å². The number of amides is 1. The molecule has 4 fully saturated rings. The Hall–Kier alpha value is -1.02. The molecule has 5 rings (SSSR count). The molecule has 2 nitrogen and oxygen atoms in total. The molecular formula is C18H24ClNO. The third-order valence-corrected chi connectivity index (χ3v) is 5.97. The largest absolute Gasteiger partial charge is 0.338 e. The van der Waals surface area contributed by atoms with Crippen molar-refractivity contribution in [3.63, 3.8) is 0 Å². The summed E-state index contributed by atoms with van der Waals surface area (Å²) in [4.78, 5) is 14.8. The van der Waals surface area contributed by atoms with Crippen LogP contribution >= 0.6 is 12.4 Å². The van der Waals surface area contributed by atoms with Crippen molar-refractivity contribution >= 4 is 18.3 Å². The van der Waals surface area contributed by atoms with Gasteiger partial charge in [0.25, 0.3) is 5.91 Å². The van der Waals surface area contributed by atoms with Crippen molar-refractivity contribution in [1.29, 1.82) is 0 Å². The molecule has 0 radical (unpaired) electrons. The minimum atomic E-state index is 0. The molecule has 0 aromatic heterocycles. The van der Waals surface area contributed by atoms with Gasteiger partial charge in [0.2, 0.25) is 0 Å². The number of nitrogens with zero attached hydrogens (tertiary/aromatic N) is 1. The minimum absolute atomic E-state index is 0. The third kappa shape index (κ3) is 2.48. The second kappa shape index (κ2) is 5.64. The van der Waals surface area contributed by atoms with Crippen molar-refractivity contribution < 1.29 is 4.79 Å². The second-order valence-corrected chi connectivity index (χ2v) is 7.20. The Kier molecular flexibility index (Phi) is 4.00. The van der Waals surface area contributed by atoms with E-state index in [2.05, 4.69) is 4.90 Å². The molecule has 1 aromatic carbocycles. The lowest BCUT2D eigenvalue weighted by Crippen LogP contribution is -2.56. The van der Waals surface area contributed by atoms with E-state index in [1.54, 1.807) is 0 Å². The summed E-state index contributed by atoms with van der Waals surface area (Å²) in [5.74, 6) is 3.68. The summed E-state index contributed by atoms with van der Waals surface area (Å²) in [6, 6.07) is 10.3. The fourth-order valence-electron chi connectivity index (χ4n) is 5.45.